The van der Waals surface area contributed by atoms with E-state index in [4.69, 9.17) is 5.73 Å². The van der Waals surface area contributed by atoms with Gasteiger partial charge in [0.2, 0.25) is 0 Å². The van der Waals surface area contributed by atoms with E-state index in [1.165, 1.54) is 50.8 Å². The van der Waals surface area contributed by atoms with Gasteiger partial charge in [0, 0.05) is 23.4 Å². The lowest BCUT2D eigenvalue weighted by atomic mass is 9.89. The van der Waals surface area contributed by atoms with E-state index in [1.807, 2.05) is 0 Å². The van der Waals surface area contributed by atoms with E-state index < -0.39 is 0 Å². The van der Waals surface area contributed by atoms with Crippen LogP contribution in [-0.4, -0.2) is 40.6 Å². The van der Waals surface area contributed by atoms with Gasteiger partial charge < -0.3 is 5.73 Å². The van der Waals surface area contributed by atoms with Crippen molar-refractivity contribution in [3.8, 4) is 0 Å². The highest BCUT2D eigenvalue weighted by atomic mass is 32.2. The molecule has 2 aliphatic rings. The topological polar surface area (TPSA) is 29.3 Å². The number of hydrogen-bond acceptors (Lipinski definition) is 3. The zero-order valence-electron chi connectivity index (χ0n) is 11.4. The Morgan fingerprint density at radius 3 is 2.47 bits per heavy atom. The summed E-state index contributed by atoms with van der Waals surface area (Å²) in [4.78, 5) is 2.79. The van der Waals surface area contributed by atoms with Gasteiger partial charge in [-0.1, -0.05) is 13.8 Å². The van der Waals surface area contributed by atoms with Gasteiger partial charge in [0.15, 0.2) is 0 Å². The van der Waals surface area contributed by atoms with Crippen molar-refractivity contribution in [2.24, 2.45) is 5.73 Å². The first-order valence-corrected chi connectivity index (χ1v) is 8.40. The maximum atomic E-state index is 6.02. The molecule has 17 heavy (non-hydrogen) atoms. The normalized spacial score (nSPS) is 39.5. The SMILES string of the molecule is CCN(C1CCC(N)CC1)C1CCCSC1C. The van der Waals surface area contributed by atoms with Crippen LogP contribution in [-0.2, 0) is 0 Å². The number of rotatable bonds is 3. The highest BCUT2D eigenvalue weighted by molar-refractivity contribution is 7.99. The summed E-state index contributed by atoms with van der Waals surface area (Å²) < 4.78 is 0. The molecule has 2 N–H and O–H groups in total. The molecule has 0 aromatic heterocycles. The standard InChI is InChI=1S/C14H28N2S/c1-3-16(13-8-6-12(15)7-9-13)14-5-4-10-17-11(14)2/h11-14H,3-10,15H2,1-2H3. The van der Waals surface area contributed by atoms with Crippen LogP contribution in [0.3, 0.4) is 0 Å². The first-order valence-electron chi connectivity index (χ1n) is 7.35. The van der Waals surface area contributed by atoms with Crippen molar-refractivity contribution < 1.29 is 0 Å². The van der Waals surface area contributed by atoms with Gasteiger partial charge in [0.25, 0.3) is 0 Å². The predicted octanol–water partition coefficient (Wildman–Crippen LogP) is 2.86. The Balaban J connectivity index is 1.94. The quantitative estimate of drug-likeness (QED) is 0.842. The Morgan fingerprint density at radius 1 is 1.18 bits per heavy atom. The highest BCUT2D eigenvalue weighted by Crippen LogP contribution is 2.33. The van der Waals surface area contributed by atoms with Crippen LogP contribution in [0.5, 0.6) is 0 Å². The van der Waals surface area contributed by atoms with E-state index in [-0.39, 0.29) is 0 Å². The second-order valence-corrected chi connectivity index (χ2v) is 7.17. The Bertz CT molecular complexity index is 226. The van der Waals surface area contributed by atoms with Crippen LogP contribution < -0.4 is 5.73 Å². The van der Waals surface area contributed by atoms with E-state index in [1.54, 1.807) is 0 Å². The van der Waals surface area contributed by atoms with Gasteiger partial charge in [-0.2, -0.15) is 11.8 Å². The summed E-state index contributed by atoms with van der Waals surface area (Å²) in [6, 6.07) is 2.10. The Labute approximate surface area is 111 Å². The van der Waals surface area contributed by atoms with Gasteiger partial charge in [-0.3, -0.25) is 4.90 Å². The molecular formula is C14H28N2S. The van der Waals surface area contributed by atoms with Crippen LogP contribution in [0.2, 0.25) is 0 Å². The number of hydrogen-bond donors (Lipinski definition) is 1. The molecule has 1 saturated carbocycles. The molecule has 0 amide bonds. The number of nitrogens with two attached hydrogens (primary N) is 1. The summed E-state index contributed by atoms with van der Waals surface area (Å²) in [5, 5.41) is 0.819. The van der Waals surface area contributed by atoms with Gasteiger partial charge in [0.1, 0.15) is 0 Å². The summed E-state index contributed by atoms with van der Waals surface area (Å²) in [5.41, 5.74) is 6.02. The van der Waals surface area contributed by atoms with Crippen LogP contribution in [0, 0.1) is 0 Å². The maximum Gasteiger partial charge on any atom is 0.0215 e. The molecule has 2 fully saturated rings. The van der Waals surface area contributed by atoms with E-state index in [0.717, 1.165) is 17.3 Å². The summed E-state index contributed by atoms with van der Waals surface area (Å²) in [6.07, 6.45) is 7.92. The van der Waals surface area contributed by atoms with Crippen molar-refractivity contribution >= 4 is 11.8 Å². The molecule has 0 bridgehead atoms. The number of nitrogens with zero attached hydrogens (tertiary/aromatic N) is 1. The average molecular weight is 256 g/mol. The molecule has 2 nitrogen and oxygen atoms in total. The summed E-state index contributed by atoms with van der Waals surface area (Å²) >= 11 is 2.17. The van der Waals surface area contributed by atoms with Gasteiger partial charge in [-0.05, 0) is 50.8 Å². The van der Waals surface area contributed by atoms with Crippen LogP contribution >= 0.6 is 11.8 Å². The van der Waals surface area contributed by atoms with Crippen molar-refractivity contribution in [3.63, 3.8) is 0 Å². The third-order valence-electron chi connectivity index (χ3n) is 4.57. The fraction of sp³-hybridized carbons (Fsp3) is 1.00. The van der Waals surface area contributed by atoms with Crippen LogP contribution in [0.4, 0.5) is 0 Å². The van der Waals surface area contributed by atoms with E-state index in [0.29, 0.717) is 6.04 Å². The fourth-order valence-corrected chi connectivity index (χ4v) is 4.76. The van der Waals surface area contributed by atoms with Crippen molar-refractivity contribution in [2.75, 3.05) is 12.3 Å². The van der Waals surface area contributed by atoms with Crippen molar-refractivity contribution in [2.45, 2.75) is 75.7 Å². The molecule has 1 saturated heterocycles. The molecule has 1 aliphatic carbocycles. The Hall–Kier alpha value is 0.270. The molecule has 0 radical (unpaired) electrons. The minimum absolute atomic E-state index is 0.475. The summed E-state index contributed by atoms with van der Waals surface area (Å²) in [7, 11) is 0. The third kappa shape index (κ3) is 3.39. The lowest BCUT2D eigenvalue weighted by molar-refractivity contribution is 0.0985. The van der Waals surface area contributed by atoms with Crippen LogP contribution in [0.25, 0.3) is 0 Å². The molecule has 2 unspecified atom stereocenters. The smallest absolute Gasteiger partial charge is 0.0215 e. The van der Waals surface area contributed by atoms with E-state index in [9.17, 15) is 0 Å². The van der Waals surface area contributed by atoms with Gasteiger partial charge in [-0.25, -0.2) is 0 Å². The Kier molecular flexibility index (Phi) is 5.19. The van der Waals surface area contributed by atoms with Crippen LogP contribution in [0.1, 0.15) is 52.4 Å². The molecule has 2 atom stereocenters. The fourth-order valence-electron chi connectivity index (χ4n) is 3.54. The first kappa shape index (κ1) is 13.7. The molecule has 1 aliphatic heterocycles. The largest absolute Gasteiger partial charge is 0.328 e. The van der Waals surface area contributed by atoms with Gasteiger partial charge in [-0.15, -0.1) is 0 Å². The van der Waals surface area contributed by atoms with Crippen molar-refractivity contribution in [3.05, 3.63) is 0 Å². The van der Waals surface area contributed by atoms with Gasteiger partial charge in [0.05, 0.1) is 0 Å². The molecule has 0 aromatic rings. The average Bonchev–Trinajstić information content (AvgIpc) is 2.35. The van der Waals surface area contributed by atoms with Crippen LogP contribution in [0.15, 0.2) is 0 Å². The first-order chi connectivity index (χ1) is 8.22. The highest BCUT2D eigenvalue weighted by Gasteiger charge is 2.32. The summed E-state index contributed by atoms with van der Waals surface area (Å²) in [6.45, 7) is 5.97. The third-order valence-corrected chi connectivity index (χ3v) is 5.93. The number of thioether (sulfide) groups is 1. The molecule has 0 aromatic carbocycles. The molecule has 1 heterocycles. The minimum Gasteiger partial charge on any atom is -0.328 e. The molecule has 0 spiro atoms. The van der Waals surface area contributed by atoms with E-state index in [2.05, 4.69) is 30.5 Å². The lowest BCUT2D eigenvalue weighted by Crippen LogP contribution is -2.50. The zero-order chi connectivity index (χ0) is 12.3. The molecule has 100 valence electrons. The Morgan fingerprint density at radius 2 is 1.88 bits per heavy atom. The lowest BCUT2D eigenvalue weighted by Gasteiger charge is -2.44. The molecule has 2 rings (SSSR count). The second kappa shape index (κ2) is 6.44. The minimum atomic E-state index is 0.475. The molecular weight excluding hydrogens is 228 g/mol. The maximum absolute atomic E-state index is 6.02. The zero-order valence-corrected chi connectivity index (χ0v) is 12.2. The predicted molar refractivity (Wildman–Crippen MR) is 77.6 cm³/mol. The second-order valence-electron chi connectivity index (χ2n) is 5.68. The monoisotopic (exact) mass is 256 g/mol. The van der Waals surface area contributed by atoms with Crippen molar-refractivity contribution in [1.82, 2.24) is 4.90 Å². The van der Waals surface area contributed by atoms with Gasteiger partial charge >= 0.3 is 0 Å². The summed E-state index contributed by atoms with van der Waals surface area (Å²) in [5.74, 6) is 1.37. The van der Waals surface area contributed by atoms with E-state index >= 15 is 0 Å². The molecule has 3 heteroatoms. The van der Waals surface area contributed by atoms with Crippen molar-refractivity contribution in [1.29, 1.82) is 0 Å².